The van der Waals surface area contributed by atoms with Crippen LogP contribution >= 0.6 is 0 Å². The van der Waals surface area contributed by atoms with Crippen LogP contribution in [0.25, 0.3) is 0 Å². The predicted octanol–water partition coefficient (Wildman–Crippen LogP) is 1.81. The molecule has 19 heavy (non-hydrogen) atoms. The average molecular weight is 270 g/mol. The maximum absolute atomic E-state index is 11.9. The summed E-state index contributed by atoms with van der Waals surface area (Å²) in [6, 6.07) is -0.0892. The molecular weight excluding hydrogens is 240 g/mol. The molecule has 0 aromatic rings. The smallest absolute Gasteiger partial charge is 0.221 e. The Hall–Kier alpha value is -0.610. The molecule has 1 fully saturated rings. The van der Waals surface area contributed by atoms with Crippen molar-refractivity contribution >= 4 is 5.91 Å². The lowest BCUT2D eigenvalue weighted by atomic mass is 9.86. The van der Waals surface area contributed by atoms with E-state index in [-0.39, 0.29) is 29.4 Å². The second-order valence-electron chi connectivity index (χ2n) is 7.37. The van der Waals surface area contributed by atoms with Crippen LogP contribution in [0.3, 0.4) is 0 Å². The summed E-state index contributed by atoms with van der Waals surface area (Å²) in [7, 11) is 0. The van der Waals surface area contributed by atoms with Crippen LogP contribution in [0.1, 0.15) is 59.3 Å². The van der Waals surface area contributed by atoms with Crippen LogP contribution in [0.5, 0.6) is 0 Å². The second-order valence-corrected chi connectivity index (χ2v) is 7.37. The molecule has 1 rings (SSSR count). The van der Waals surface area contributed by atoms with E-state index in [1.54, 1.807) is 0 Å². The number of carbonyl (C=O) groups is 1. The zero-order valence-corrected chi connectivity index (χ0v) is 12.7. The molecule has 0 bridgehead atoms. The monoisotopic (exact) mass is 270 g/mol. The van der Waals surface area contributed by atoms with Gasteiger partial charge in [0.1, 0.15) is 0 Å². The number of amides is 1. The van der Waals surface area contributed by atoms with Gasteiger partial charge in [0.2, 0.25) is 5.91 Å². The van der Waals surface area contributed by atoms with Gasteiger partial charge >= 0.3 is 0 Å². The van der Waals surface area contributed by atoms with E-state index in [9.17, 15) is 9.90 Å². The van der Waals surface area contributed by atoms with Crippen molar-refractivity contribution in [2.45, 2.75) is 65.3 Å². The summed E-state index contributed by atoms with van der Waals surface area (Å²) in [6.07, 6.45) is 5.54. The number of carbonyl (C=O) groups excluding carboxylic acids is 1. The van der Waals surface area contributed by atoms with Crippen LogP contribution < -0.4 is 11.1 Å². The summed E-state index contributed by atoms with van der Waals surface area (Å²) in [6.45, 7) is 7.14. The molecule has 1 saturated carbocycles. The third kappa shape index (κ3) is 5.91. The zero-order valence-electron chi connectivity index (χ0n) is 12.7. The SMILES string of the molecule is CC(C)(C)CC(N)CC(=O)NCC1(CO)CCCC1. The molecule has 0 aliphatic heterocycles. The molecule has 0 spiro atoms. The summed E-state index contributed by atoms with van der Waals surface area (Å²) in [4.78, 5) is 11.9. The Morgan fingerprint density at radius 2 is 1.95 bits per heavy atom. The lowest BCUT2D eigenvalue weighted by molar-refractivity contribution is -0.122. The maximum atomic E-state index is 11.9. The highest BCUT2D eigenvalue weighted by Crippen LogP contribution is 2.36. The van der Waals surface area contributed by atoms with Crippen LogP contribution in [0.4, 0.5) is 0 Å². The molecule has 0 aromatic carbocycles. The third-order valence-electron chi connectivity index (χ3n) is 3.98. The van der Waals surface area contributed by atoms with Crippen LogP contribution in [-0.2, 0) is 4.79 Å². The van der Waals surface area contributed by atoms with E-state index in [4.69, 9.17) is 5.73 Å². The van der Waals surface area contributed by atoms with E-state index in [2.05, 4.69) is 26.1 Å². The van der Waals surface area contributed by atoms with E-state index in [1.165, 1.54) is 0 Å². The summed E-state index contributed by atoms with van der Waals surface area (Å²) in [5.41, 5.74) is 6.07. The van der Waals surface area contributed by atoms with Gasteiger partial charge < -0.3 is 16.2 Å². The number of rotatable bonds is 6. The fourth-order valence-electron chi connectivity index (χ4n) is 2.97. The molecule has 112 valence electrons. The van der Waals surface area contributed by atoms with E-state index < -0.39 is 0 Å². The predicted molar refractivity (Wildman–Crippen MR) is 77.7 cm³/mol. The van der Waals surface area contributed by atoms with E-state index in [0.29, 0.717) is 13.0 Å². The quantitative estimate of drug-likeness (QED) is 0.689. The molecule has 4 nitrogen and oxygen atoms in total. The first-order valence-electron chi connectivity index (χ1n) is 7.40. The lowest BCUT2D eigenvalue weighted by Gasteiger charge is -2.27. The Morgan fingerprint density at radius 1 is 1.37 bits per heavy atom. The Morgan fingerprint density at radius 3 is 2.42 bits per heavy atom. The fourth-order valence-corrected chi connectivity index (χ4v) is 2.97. The van der Waals surface area contributed by atoms with Gasteiger partial charge in [0.25, 0.3) is 0 Å². The third-order valence-corrected chi connectivity index (χ3v) is 3.98. The summed E-state index contributed by atoms with van der Waals surface area (Å²) < 4.78 is 0. The van der Waals surface area contributed by atoms with Gasteiger partial charge in [0, 0.05) is 24.4 Å². The van der Waals surface area contributed by atoms with Crippen molar-refractivity contribution in [2.75, 3.05) is 13.2 Å². The highest BCUT2D eigenvalue weighted by atomic mass is 16.3. The molecule has 1 unspecified atom stereocenters. The lowest BCUT2D eigenvalue weighted by Crippen LogP contribution is -2.40. The first kappa shape index (κ1) is 16.4. The van der Waals surface area contributed by atoms with Crippen molar-refractivity contribution < 1.29 is 9.90 Å². The van der Waals surface area contributed by atoms with Crippen molar-refractivity contribution in [1.82, 2.24) is 5.32 Å². The molecule has 1 amide bonds. The van der Waals surface area contributed by atoms with Gasteiger partial charge in [-0.1, -0.05) is 33.6 Å². The Kier molecular flexibility index (Phi) is 5.81. The molecule has 0 radical (unpaired) electrons. The molecule has 4 N–H and O–H groups in total. The summed E-state index contributed by atoms with van der Waals surface area (Å²) >= 11 is 0. The minimum absolute atomic E-state index is 0.0106. The van der Waals surface area contributed by atoms with Crippen molar-refractivity contribution in [3.8, 4) is 0 Å². The van der Waals surface area contributed by atoms with Crippen LogP contribution in [0.2, 0.25) is 0 Å². The maximum Gasteiger partial charge on any atom is 0.221 e. The van der Waals surface area contributed by atoms with E-state index >= 15 is 0 Å². The highest BCUT2D eigenvalue weighted by molar-refractivity contribution is 5.76. The number of aliphatic hydroxyl groups is 1. The molecule has 0 aromatic heterocycles. The number of hydrogen-bond acceptors (Lipinski definition) is 3. The largest absolute Gasteiger partial charge is 0.396 e. The first-order valence-corrected chi connectivity index (χ1v) is 7.40. The highest BCUT2D eigenvalue weighted by Gasteiger charge is 2.33. The van der Waals surface area contributed by atoms with Crippen LogP contribution in [-0.4, -0.2) is 30.2 Å². The Labute approximate surface area is 117 Å². The normalized spacial score (nSPS) is 20.3. The Balaban J connectivity index is 2.31. The van der Waals surface area contributed by atoms with Gasteiger partial charge in [0.15, 0.2) is 0 Å². The second kappa shape index (κ2) is 6.71. The first-order chi connectivity index (χ1) is 8.76. The molecule has 4 heteroatoms. The summed E-state index contributed by atoms with van der Waals surface area (Å²) in [5, 5.41) is 12.4. The van der Waals surface area contributed by atoms with Crippen molar-refractivity contribution in [2.24, 2.45) is 16.6 Å². The standard InChI is InChI=1S/C15H30N2O2/c1-14(2,3)9-12(16)8-13(19)17-10-15(11-18)6-4-5-7-15/h12,18H,4-11,16H2,1-3H3,(H,17,19). The number of aliphatic hydroxyl groups excluding tert-OH is 1. The van der Waals surface area contributed by atoms with Crippen LogP contribution in [0, 0.1) is 10.8 Å². The van der Waals surface area contributed by atoms with Crippen LogP contribution in [0.15, 0.2) is 0 Å². The molecule has 1 aliphatic rings. The van der Waals surface area contributed by atoms with Gasteiger partial charge in [0.05, 0.1) is 6.61 Å². The number of nitrogens with one attached hydrogen (secondary N) is 1. The van der Waals surface area contributed by atoms with E-state index in [0.717, 1.165) is 32.1 Å². The minimum Gasteiger partial charge on any atom is -0.396 e. The van der Waals surface area contributed by atoms with Gasteiger partial charge in [-0.05, 0) is 24.7 Å². The van der Waals surface area contributed by atoms with Gasteiger partial charge in [-0.3, -0.25) is 4.79 Å². The van der Waals surface area contributed by atoms with Gasteiger partial charge in [-0.25, -0.2) is 0 Å². The van der Waals surface area contributed by atoms with Gasteiger partial charge in [-0.2, -0.15) is 0 Å². The molecule has 1 aliphatic carbocycles. The number of nitrogens with two attached hydrogens (primary N) is 1. The fraction of sp³-hybridized carbons (Fsp3) is 0.933. The number of hydrogen-bond donors (Lipinski definition) is 3. The van der Waals surface area contributed by atoms with Gasteiger partial charge in [-0.15, -0.1) is 0 Å². The Bertz CT molecular complexity index is 291. The summed E-state index contributed by atoms with van der Waals surface area (Å²) in [5.74, 6) is 0.0106. The van der Waals surface area contributed by atoms with Crippen molar-refractivity contribution in [3.63, 3.8) is 0 Å². The van der Waals surface area contributed by atoms with Crippen molar-refractivity contribution in [1.29, 1.82) is 0 Å². The molecule has 0 heterocycles. The molecular formula is C15H30N2O2. The molecule has 1 atom stereocenters. The molecule has 0 saturated heterocycles. The zero-order chi connectivity index (χ0) is 14.5. The average Bonchev–Trinajstić information content (AvgIpc) is 2.73. The van der Waals surface area contributed by atoms with E-state index in [1.807, 2.05) is 0 Å². The topological polar surface area (TPSA) is 75.4 Å². The minimum atomic E-state index is -0.0892. The van der Waals surface area contributed by atoms with Crippen molar-refractivity contribution in [3.05, 3.63) is 0 Å².